The molecule has 0 bridgehead atoms. The number of rotatable bonds is 4. The summed E-state index contributed by atoms with van der Waals surface area (Å²) in [6, 6.07) is 2.95. The van der Waals surface area contributed by atoms with Crippen molar-refractivity contribution in [1.82, 2.24) is 14.1 Å². The van der Waals surface area contributed by atoms with E-state index >= 15 is 0 Å². The Hall–Kier alpha value is -2.66. The highest BCUT2D eigenvalue weighted by Crippen LogP contribution is 2.12. The van der Waals surface area contributed by atoms with Crippen LogP contribution in [0.3, 0.4) is 0 Å². The van der Waals surface area contributed by atoms with Crippen LogP contribution in [-0.2, 0) is 13.6 Å². The molecule has 0 atom stereocenters. The van der Waals surface area contributed by atoms with Gasteiger partial charge in [0.25, 0.3) is 11.5 Å². The summed E-state index contributed by atoms with van der Waals surface area (Å²) in [4.78, 5) is 27.7. The Morgan fingerprint density at radius 2 is 2.32 bits per heavy atom. The minimum Gasteiger partial charge on any atom is -0.319 e. The van der Waals surface area contributed by atoms with Crippen LogP contribution in [0.25, 0.3) is 0 Å². The van der Waals surface area contributed by atoms with Gasteiger partial charge in [0.05, 0.1) is 18.4 Å². The van der Waals surface area contributed by atoms with Crippen molar-refractivity contribution in [2.45, 2.75) is 6.54 Å². The zero-order chi connectivity index (χ0) is 16.3. The fourth-order valence-corrected chi connectivity index (χ4v) is 1.97. The van der Waals surface area contributed by atoms with Crippen molar-refractivity contribution in [3.8, 4) is 6.07 Å². The second-order valence-electron chi connectivity index (χ2n) is 4.37. The van der Waals surface area contributed by atoms with Gasteiger partial charge in [-0.05, 0) is 17.7 Å². The number of alkyl halides is 1. The summed E-state index contributed by atoms with van der Waals surface area (Å²) in [5, 5.41) is 11.6. The van der Waals surface area contributed by atoms with Gasteiger partial charge in [0.2, 0.25) is 5.28 Å². The molecule has 0 aromatic carbocycles. The Kier molecular flexibility index (Phi) is 4.58. The van der Waals surface area contributed by atoms with Crippen LogP contribution in [0.4, 0.5) is 10.1 Å². The normalized spacial score (nSPS) is 10.3. The standard InChI is InChI=1S/C13H11ClFN5O2/c1-19-10(6-17-13(19)14)11(21)18-9-4-8(5-16)12(22)20(7-9)3-2-15/h4,6-7H,2-3H2,1H3,(H,18,21). The van der Waals surface area contributed by atoms with E-state index in [4.69, 9.17) is 16.9 Å². The number of pyridine rings is 1. The Bertz CT molecular complexity index is 821. The van der Waals surface area contributed by atoms with Crippen LogP contribution in [0, 0.1) is 11.3 Å². The number of nitrogens with zero attached hydrogens (tertiary/aromatic N) is 4. The van der Waals surface area contributed by atoms with Crippen molar-refractivity contribution in [3.05, 3.63) is 45.4 Å². The van der Waals surface area contributed by atoms with Gasteiger partial charge < -0.3 is 14.5 Å². The molecule has 0 spiro atoms. The first kappa shape index (κ1) is 15.7. The van der Waals surface area contributed by atoms with E-state index < -0.39 is 18.1 Å². The number of carbonyl (C=O) groups excluding carboxylic acids is 1. The lowest BCUT2D eigenvalue weighted by Gasteiger charge is -2.09. The minimum atomic E-state index is -0.764. The molecule has 0 saturated heterocycles. The van der Waals surface area contributed by atoms with E-state index in [-0.39, 0.29) is 28.8 Å². The van der Waals surface area contributed by atoms with Gasteiger partial charge in [-0.1, -0.05) is 0 Å². The minimum absolute atomic E-state index is 0.144. The number of imidazole rings is 1. The second kappa shape index (κ2) is 6.41. The average molecular weight is 324 g/mol. The molecule has 7 nitrogen and oxygen atoms in total. The summed E-state index contributed by atoms with van der Waals surface area (Å²) in [5.41, 5.74) is -0.394. The van der Waals surface area contributed by atoms with Crippen molar-refractivity contribution < 1.29 is 9.18 Å². The number of nitrogens with one attached hydrogen (secondary N) is 1. The second-order valence-corrected chi connectivity index (χ2v) is 4.71. The Morgan fingerprint density at radius 1 is 1.59 bits per heavy atom. The summed E-state index contributed by atoms with van der Waals surface area (Å²) in [6.07, 6.45) is 2.57. The lowest BCUT2D eigenvalue weighted by Crippen LogP contribution is -2.25. The van der Waals surface area contributed by atoms with E-state index in [1.54, 1.807) is 13.1 Å². The predicted molar refractivity (Wildman–Crippen MR) is 77.6 cm³/mol. The fourth-order valence-electron chi connectivity index (χ4n) is 1.83. The van der Waals surface area contributed by atoms with Crippen LogP contribution < -0.4 is 10.9 Å². The van der Waals surface area contributed by atoms with Crippen molar-refractivity contribution in [1.29, 1.82) is 5.26 Å². The third kappa shape index (κ3) is 2.99. The zero-order valence-electron chi connectivity index (χ0n) is 11.5. The molecule has 2 aromatic rings. The third-order valence-corrected chi connectivity index (χ3v) is 3.31. The van der Waals surface area contributed by atoms with E-state index in [2.05, 4.69) is 10.3 Å². The lowest BCUT2D eigenvalue weighted by molar-refractivity contribution is 0.101. The molecule has 0 unspecified atom stereocenters. The Balaban J connectivity index is 2.35. The lowest BCUT2D eigenvalue weighted by atomic mass is 10.2. The molecule has 0 radical (unpaired) electrons. The first-order valence-electron chi connectivity index (χ1n) is 6.17. The SMILES string of the molecule is Cn1c(C(=O)Nc2cc(C#N)c(=O)n(CCF)c2)cnc1Cl. The molecular weight excluding hydrogens is 313 g/mol. The largest absolute Gasteiger partial charge is 0.319 e. The Morgan fingerprint density at radius 3 is 2.86 bits per heavy atom. The van der Waals surface area contributed by atoms with Crippen LogP contribution in [-0.4, -0.2) is 26.7 Å². The van der Waals surface area contributed by atoms with Gasteiger partial charge in [0.15, 0.2) is 0 Å². The van der Waals surface area contributed by atoms with Crippen LogP contribution in [0.1, 0.15) is 16.1 Å². The first-order chi connectivity index (χ1) is 10.5. The Labute approximate surface area is 129 Å². The van der Waals surface area contributed by atoms with Gasteiger partial charge in [0, 0.05) is 13.2 Å². The molecule has 114 valence electrons. The average Bonchev–Trinajstić information content (AvgIpc) is 2.82. The van der Waals surface area contributed by atoms with E-state index in [0.717, 1.165) is 4.57 Å². The molecular formula is C13H11ClFN5O2. The van der Waals surface area contributed by atoms with E-state index in [1.165, 1.54) is 23.0 Å². The number of anilines is 1. The summed E-state index contributed by atoms with van der Waals surface area (Å²) in [5.74, 6) is -0.517. The van der Waals surface area contributed by atoms with Gasteiger partial charge in [0.1, 0.15) is 24.0 Å². The molecule has 0 aliphatic heterocycles. The maximum absolute atomic E-state index is 12.5. The summed E-state index contributed by atoms with van der Waals surface area (Å²) < 4.78 is 14.9. The van der Waals surface area contributed by atoms with Crippen LogP contribution >= 0.6 is 11.6 Å². The van der Waals surface area contributed by atoms with Crippen LogP contribution in [0.2, 0.25) is 5.28 Å². The topological polar surface area (TPSA) is 92.7 Å². The van der Waals surface area contributed by atoms with E-state index in [9.17, 15) is 14.0 Å². The molecule has 0 fully saturated rings. The van der Waals surface area contributed by atoms with E-state index in [1.807, 2.05) is 0 Å². The van der Waals surface area contributed by atoms with Gasteiger partial charge >= 0.3 is 0 Å². The number of amides is 1. The molecule has 1 N–H and O–H groups in total. The molecule has 0 aliphatic rings. The molecule has 2 rings (SSSR count). The smallest absolute Gasteiger partial charge is 0.274 e. The molecule has 0 saturated carbocycles. The van der Waals surface area contributed by atoms with E-state index in [0.29, 0.717) is 0 Å². The number of aromatic nitrogens is 3. The van der Waals surface area contributed by atoms with Gasteiger partial charge in [-0.2, -0.15) is 5.26 Å². The monoisotopic (exact) mass is 323 g/mol. The highest BCUT2D eigenvalue weighted by Gasteiger charge is 2.14. The fraction of sp³-hybridized carbons (Fsp3) is 0.231. The summed E-state index contributed by atoms with van der Waals surface area (Å²) in [7, 11) is 1.56. The van der Waals surface area contributed by atoms with Crippen molar-refractivity contribution in [3.63, 3.8) is 0 Å². The van der Waals surface area contributed by atoms with Gasteiger partial charge in [-0.25, -0.2) is 9.37 Å². The maximum atomic E-state index is 12.5. The molecule has 9 heteroatoms. The highest BCUT2D eigenvalue weighted by atomic mass is 35.5. The maximum Gasteiger partial charge on any atom is 0.274 e. The quantitative estimate of drug-likeness (QED) is 0.918. The van der Waals surface area contributed by atoms with Crippen LogP contribution in [0.15, 0.2) is 23.3 Å². The number of carbonyl (C=O) groups is 1. The molecule has 2 heterocycles. The first-order valence-corrected chi connectivity index (χ1v) is 6.55. The number of hydrogen-bond acceptors (Lipinski definition) is 4. The molecule has 22 heavy (non-hydrogen) atoms. The van der Waals surface area contributed by atoms with Gasteiger partial charge in [-0.3, -0.25) is 9.59 Å². The zero-order valence-corrected chi connectivity index (χ0v) is 12.3. The number of hydrogen-bond donors (Lipinski definition) is 1. The van der Waals surface area contributed by atoms with Crippen molar-refractivity contribution in [2.75, 3.05) is 12.0 Å². The van der Waals surface area contributed by atoms with Crippen molar-refractivity contribution in [2.24, 2.45) is 7.05 Å². The number of nitriles is 1. The molecule has 1 amide bonds. The summed E-state index contributed by atoms with van der Waals surface area (Å²) >= 11 is 5.75. The molecule has 2 aromatic heterocycles. The van der Waals surface area contributed by atoms with Crippen molar-refractivity contribution >= 4 is 23.2 Å². The number of halogens is 2. The summed E-state index contributed by atoms with van der Waals surface area (Å²) in [6.45, 7) is -0.964. The third-order valence-electron chi connectivity index (χ3n) is 2.95. The predicted octanol–water partition coefficient (Wildman–Crippen LogP) is 1.33. The number of aryl methyl sites for hydroxylation is 1. The molecule has 0 aliphatic carbocycles. The van der Waals surface area contributed by atoms with Crippen LogP contribution in [0.5, 0.6) is 0 Å². The van der Waals surface area contributed by atoms with Gasteiger partial charge in [-0.15, -0.1) is 0 Å². The highest BCUT2D eigenvalue weighted by molar-refractivity contribution is 6.28.